The van der Waals surface area contributed by atoms with E-state index in [-0.39, 0.29) is 0 Å². The van der Waals surface area contributed by atoms with Gasteiger partial charge in [-0.15, -0.1) is 0 Å². The molecule has 4 aromatic carbocycles. The molecule has 0 spiro atoms. The fraction of sp³-hybridized carbons (Fsp3) is 0.143. The molecule has 0 radical (unpaired) electrons. The summed E-state index contributed by atoms with van der Waals surface area (Å²) in [6, 6.07) is 32.0. The van der Waals surface area contributed by atoms with Crippen molar-refractivity contribution in [1.82, 2.24) is 0 Å². The zero-order valence-electron chi connectivity index (χ0n) is 17.0. The Bertz CT molecular complexity index is 1180. The monoisotopic (exact) mass is 408 g/mol. The molecule has 0 unspecified atom stereocenters. The van der Waals surface area contributed by atoms with Gasteiger partial charge in [0.1, 0.15) is 0 Å². The topological polar surface area (TPSA) is 0 Å². The summed E-state index contributed by atoms with van der Waals surface area (Å²) in [5, 5.41) is 5.19. The van der Waals surface area contributed by atoms with Gasteiger partial charge >= 0.3 is 177 Å². The van der Waals surface area contributed by atoms with Gasteiger partial charge in [-0.2, -0.15) is 0 Å². The number of hydrogen-bond acceptors (Lipinski definition) is 0. The molecule has 0 atom stereocenters. The fourth-order valence-electron chi connectivity index (χ4n) is 5.63. The summed E-state index contributed by atoms with van der Waals surface area (Å²) in [7, 11) is 0. The first-order valence-electron chi connectivity index (χ1n) is 10.6. The Morgan fingerprint density at radius 1 is 0.483 bits per heavy atom. The van der Waals surface area contributed by atoms with Crippen LogP contribution in [0.1, 0.15) is 22.3 Å². The molecule has 4 aromatic rings. The van der Waals surface area contributed by atoms with Gasteiger partial charge in [0.2, 0.25) is 0 Å². The predicted molar refractivity (Wildman–Crippen MR) is 120 cm³/mol. The Hall–Kier alpha value is -2.41. The molecule has 2 aliphatic rings. The number of hydrogen-bond donors (Lipinski definition) is 0. The van der Waals surface area contributed by atoms with Gasteiger partial charge in [0.05, 0.1) is 0 Å². The van der Waals surface area contributed by atoms with Gasteiger partial charge in [-0.1, -0.05) is 0 Å². The maximum atomic E-state index is 2.59. The van der Waals surface area contributed by atoms with Crippen LogP contribution in [0, 0.1) is 0 Å². The zero-order chi connectivity index (χ0) is 19.6. The normalized spacial score (nSPS) is 13.6. The van der Waals surface area contributed by atoms with Crippen molar-refractivity contribution in [3.63, 3.8) is 0 Å². The number of fused-ring (bicyclic) bond motifs is 6. The first-order valence-corrected chi connectivity index (χ1v) is 15.2. The Labute approximate surface area is 176 Å². The SMILES string of the molecule is [CH3][Ti]([CH3])([c]1cccc2c1Cc1ccccc1-2)[c]1cccc2c1Cc1ccccc1-2. The molecule has 0 saturated heterocycles. The predicted octanol–water partition coefficient (Wildman–Crippen LogP) is 6.03. The van der Waals surface area contributed by atoms with E-state index in [1.54, 1.807) is 18.9 Å². The van der Waals surface area contributed by atoms with Gasteiger partial charge in [0, 0.05) is 0 Å². The minimum absolute atomic E-state index is 1.09. The maximum absolute atomic E-state index is 2.59. The average Bonchev–Trinajstić information content (AvgIpc) is 3.31. The van der Waals surface area contributed by atoms with Crippen LogP contribution >= 0.6 is 0 Å². The molecule has 0 N–H and O–H groups in total. The van der Waals surface area contributed by atoms with Crippen LogP contribution in [0.4, 0.5) is 0 Å². The van der Waals surface area contributed by atoms with Crippen molar-refractivity contribution in [3.8, 4) is 22.3 Å². The van der Waals surface area contributed by atoms with Crippen LogP contribution < -0.4 is 7.74 Å². The molecule has 0 nitrogen and oxygen atoms in total. The average molecular weight is 408 g/mol. The van der Waals surface area contributed by atoms with Gasteiger partial charge in [-0.05, 0) is 0 Å². The van der Waals surface area contributed by atoms with E-state index in [0.29, 0.717) is 0 Å². The van der Waals surface area contributed by atoms with Crippen molar-refractivity contribution in [2.45, 2.75) is 23.3 Å². The Balaban J connectivity index is 1.53. The molecule has 6 rings (SSSR count). The van der Waals surface area contributed by atoms with Crippen LogP contribution in [-0.2, 0) is 29.4 Å². The fourth-order valence-corrected chi connectivity index (χ4v) is 10.7. The number of rotatable bonds is 2. The minimum atomic E-state index is -2.48. The third-order valence-electron chi connectivity index (χ3n) is 7.05. The second-order valence-corrected chi connectivity index (χ2v) is 15.7. The van der Waals surface area contributed by atoms with Crippen LogP contribution in [0.5, 0.6) is 0 Å². The Morgan fingerprint density at radius 2 is 0.897 bits per heavy atom. The van der Waals surface area contributed by atoms with E-state index < -0.39 is 16.6 Å². The van der Waals surface area contributed by atoms with Crippen molar-refractivity contribution in [1.29, 1.82) is 0 Å². The zero-order valence-corrected chi connectivity index (χ0v) is 18.6. The summed E-state index contributed by atoms with van der Waals surface area (Å²) in [6.07, 6.45) is 2.18. The molecule has 0 bridgehead atoms. The van der Waals surface area contributed by atoms with Crippen molar-refractivity contribution >= 4 is 7.74 Å². The standard InChI is InChI=1S/2C13H9.2CH3.Ti/c2*1-3-7-12-10(5-1)9-11-6-2-4-8-13(11)12;;;/h2*1-5,7-8H,9H2;2*1H3;. The summed E-state index contributed by atoms with van der Waals surface area (Å²) in [6.45, 7) is 0. The molecule has 29 heavy (non-hydrogen) atoms. The van der Waals surface area contributed by atoms with Crippen LogP contribution in [-0.4, -0.2) is 0 Å². The van der Waals surface area contributed by atoms with E-state index in [9.17, 15) is 0 Å². The van der Waals surface area contributed by atoms with Crippen LogP contribution in [0.15, 0.2) is 84.9 Å². The molecule has 0 saturated carbocycles. The summed E-state index contributed by atoms with van der Waals surface area (Å²) >= 11 is -2.48. The molecule has 140 valence electrons. The van der Waals surface area contributed by atoms with E-state index in [4.69, 9.17) is 0 Å². The second-order valence-electron chi connectivity index (χ2n) is 8.96. The quantitative estimate of drug-likeness (QED) is 0.307. The van der Waals surface area contributed by atoms with Crippen molar-refractivity contribution < 1.29 is 16.6 Å². The summed E-state index contributed by atoms with van der Waals surface area (Å²) < 4.78 is 3.31. The first-order chi connectivity index (χ1) is 14.1. The van der Waals surface area contributed by atoms with Gasteiger partial charge < -0.3 is 0 Å². The molecule has 0 heterocycles. The molecular weight excluding hydrogens is 384 g/mol. The van der Waals surface area contributed by atoms with E-state index in [1.165, 1.54) is 33.4 Å². The van der Waals surface area contributed by atoms with Crippen LogP contribution in [0.25, 0.3) is 22.3 Å². The summed E-state index contributed by atoms with van der Waals surface area (Å²) in [5.74, 6) is 0. The van der Waals surface area contributed by atoms with E-state index >= 15 is 0 Å². The second kappa shape index (κ2) is 6.29. The van der Waals surface area contributed by atoms with E-state index in [1.807, 2.05) is 0 Å². The Kier molecular flexibility index (Phi) is 3.79. The summed E-state index contributed by atoms with van der Waals surface area (Å²) in [4.78, 5) is 0. The number of benzene rings is 4. The van der Waals surface area contributed by atoms with E-state index in [0.717, 1.165) is 12.8 Å². The summed E-state index contributed by atoms with van der Waals surface area (Å²) in [5.41, 5.74) is 12.0. The molecule has 0 aliphatic heterocycles. The van der Waals surface area contributed by atoms with E-state index in [2.05, 4.69) is 95.4 Å². The van der Waals surface area contributed by atoms with Crippen LogP contribution in [0.2, 0.25) is 10.5 Å². The molecule has 0 amide bonds. The van der Waals surface area contributed by atoms with Crippen LogP contribution in [0.3, 0.4) is 0 Å². The third-order valence-corrected chi connectivity index (χ3v) is 12.7. The van der Waals surface area contributed by atoms with Gasteiger partial charge in [-0.25, -0.2) is 0 Å². The Morgan fingerprint density at radius 3 is 1.38 bits per heavy atom. The molecule has 0 fully saturated rings. The molecule has 0 aromatic heterocycles. The third kappa shape index (κ3) is 2.49. The van der Waals surface area contributed by atoms with Crippen molar-refractivity contribution in [2.75, 3.05) is 0 Å². The van der Waals surface area contributed by atoms with Gasteiger partial charge in [0.15, 0.2) is 0 Å². The molecule has 1 heteroatoms. The molecular formula is C28H24Ti. The van der Waals surface area contributed by atoms with Crippen molar-refractivity contribution in [3.05, 3.63) is 107 Å². The van der Waals surface area contributed by atoms with Gasteiger partial charge in [-0.3, -0.25) is 0 Å². The first kappa shape index (κ1) is 17.5. The molecule has 2 aliphatic carbocycles. The van der Waals surface area contributed by atoms with Crippen molar-refractivity contribution in [2.24, 2.45) is 0 Å². The van der Waals surface area contributed by atoms with Gasteiger partial charge in [0.25, 0.3) is 0 Å².